The highest BCUT2D eigenvalue weighted by atomic mass is 32.1. The Bertz CT molecular complexity index is 1630. The third-order valence-corrected chi connectivity index (χ3v) is 6.49. The maximum atomic E-state index is 13.6. The van der Waals surface area contributed by atoms with Crippen LogP contribution >= 0.6 is 11.3 Å². The van der Waals surface area contributed by atoms with Crippen LogP contribution in [0.25, 0.3) is 55.2 Å². The van der Waals surface area contributed by atoms with E-state index in [1.54, 1.807) is 24.7 Å². The van der Waals surface area contributed by atoms with Gasteiger partial charge in [-0.2, -0.15) is 9.49 Å². The van der Waals surface area contributed by atoms with Crippen molar-refractivity contribution in [1.82, 2.24) is 40.4 Å². The molecule has 0 aliphatic rings. The molecule has 0 amide bonds. The van der Waals surface area contributed by atoms with Gasteiger partial charge in [0.15, 0.2) is 16.6 Å². The molecule has 0 radical (unpaired) electrons. The van der Waals surface area contributed by atoms with Gasteiger partial charge in [0.25, 0.3) is 0 Å². The van der Waals surface area contributed by atoms with Crippen LogP contribution in [-0.2, 0) is 6.54 Å². The molecule has 0 fully saturated rings. The first-order chi connectivity index (χ1) is 16.7. The van der Waals surface area contributed by atoms with Crippen LogP contribution in [-0.4, -0.2) is 41.7 Å². The third-order valence-electron chi connectivity index (χ3n) is 5.59. The fourth-order valence-corrected chi connectivity index (χ4v) is 4.68. The molecule has 0 atom stereocenters. The van der Waals surface area contributed by atoms with Crippen molar-refractivity contribution in [3.63, 3.8) is 0 Å². The number of imidazole rings is 1. The lowest BCUT2D eigenvalue weighted by atomic mass is 10.1. The lowest BCUT2D eigenvalue weighted by Gasteiger charge is -2.05. The van der Waals surface area contributed by atoms with Gasteiger partial charge in [-0.15, -0.1) is 11.3 Å². The zero-order valence-corrected chi connectivity index (χ0v) is 18.9. The van der Waals surface area contributed by atoms with Crippen LogP contribution in [0.5, 0.6) is 0 Å². The Kier molecular flexibility index (Phi) is 5.08. The summed E-state index contributed by atoms with van der Waals surface area (Å²) in [5, 5.41) is 11.3. The molecule has 6 heterocycles. The lowest BCUT2D eigenvalue weighted by molar-refractivity contribution is 0.657. The summed E-state index contributed by atoms with van der Waals surface area (Å²) < 4.78 is 13.6. The molecule has 0 spiro atoms. The summed E-state index contributed by atoms with van der Waals surface area (Å²) in [5.74, 6) is 0.613. The number of nitrogens with one attached hydrogen (secondary N) is 3. The van der Waals surface area contributed by atoms with Gasteiger partial charge in [0, 0.05) is 52.9 Å². The summed E-state index contributed by atoms with van der Waals surface area (Å²) in [6, 6.07) is 7.34. The number of halogens is 1. The van der Waals surface area contributed by atoms with Gasteiger partial charge in [-0.3, -0.25) is 15.1 Å². The number of nitrogens with zero attached hydrogens (tertiary/aromatic N) is 5. The lowest BCUT2D eigenvalue weighted by Crippen LogP contribution is -2.11. The van der Waals surface area contributed by atoms with E-state index in [4.69, 9.17) is 4.98 Å². The van der Waals surface area contributed by atoms with Crippen molar-refractivity contribution >= 4 is 33.4 Å². The second-order valence-electron chi connectivity index (χ2n) is 7.83. The van der Waals surface area contributed by atoms with Gasteiger partial charge in [0.05, 0.1) is 17.1 Å². The molecule has 6 rings (SSSR count). The number of rotatable bonds is 6. The van der Waals surface area contributed by atoms with Crippen LogP contribution in [0.15, 0.2) is 55.2 Å². The van der Waals surface area contributed by atoms with Crippen LogP contribution in [0.3, 0.4) is 0 Å². The van der Waals surface area contributed by atoms with E-state index >= 15 is 0 Å². The SMILES string of the molecule is CCNCc1cncc(-c2cnc3n[nH]c(-c4nc5c(-c6ccc(F)s6)cncc5[nH]4)c3c2)c1. The first-order valence-electron chi connectivity index (χ1n) is 10.8. The zero-order chi connectivity index (χ0) is 23.1. The van der Waals surface area contributed by atoms with E-state index in [0.29, 0.717) is 11.5 Å². The molecule has 6 aromatic heterocycles. The first-order valence-corrected chi connectivity index (χ1v) is 11.6. The number of aromatic nitrogens is 7. The van der Waals surface area contributed by atoms with Gasteiger partial charge < -0.3 is 10.3 Å². The quantitative estimate of drug-likeness (QED) is 0.318. The number of thiophene rings is 1. The summed E-state index contributed by atoms with van der Waals surface area (Å²) in [6.45, 7) is 3.73. The topological polar surface area (TPSA) is 108 Å². The molecule has 3 N–H and O–H groups in total. The largest absolute Gasteiger partial charge is 0.335 e. The van der Waals surface area contributed by atoms with Crippen molar-refractivity contribution in [2.45, 2.75) is 13.5 Å². The molecule has 168 valence electrons. The van der Waals surface area contributed by atoms with E-state index in [2.05, 4.69) is 48.4 Å². The molecule has 0 aromatic carbocycles. The Morgan fingerprint density at radius 1 is 1.03 bits per heavy atom. The number of hydrogen-bond donors (Lipinski definition) is 3. The average Bonchev–Trinajstić information content (AvgIpc) is 3.59. The minimum Gasteiger partial charge on any atom is -0.335 e. The molecule has 10 heteroatoms. The molecule has 34 heavy (non-hydrogen) atoms. The summed E-state index contributed by atoms with van der Waals surface area (Å²) >= 11 is 1.07. The predicted octanol–water partition coefficient (Wildman–Crippen LogP) is 4.94. The minimum atomic E-state index is -0.245. The van der Waals surface area contributed by atoms with Gasteiger partial charge >= 0.3 is 0 Å². The molecule has 0 aliphatic carbocycles. The fraction of sp³-hybridized carbons (Fsp3) is 0.125. The Morgan fingerprint density at radius 2 is 1.91 bits per heavy atom. The summed E-state index contributed by atoms with van der Waals surface area (Å²) in [6.07, 6.45) is 8.91. The molecular formula is C24H19FN8S. The summed E-state index contributed by atoms with van der Waals surface area (Å²) in [4.78, 5) is 22.1. The normalized spacial score (nSPS) is 11.6. The van der Waals surface area contributed by atoms with Crippen LogP contribution in [0.4, 0.5) is 4.39 Å². The van der Waals surface area contributed by atoms with Crippen LogP contribution < -0.4 is 5.32 Å². The number of hydrogen-bond acceptors (Lipinski definition) is 7. The molecular weight excluding hydrogens is 451 g/mol. The second kappa shape index (κ2) is 8.40. The average molecular weight is 471 g/mol. The van der Waals surface area contributed by atoms with Crippen LogP contribution in [0, 0.1) is 5.13 Å². The summed E-state index contributed by atoms with van der Waals surface area (Å²) in [5.41, 5.74) is 6.60. The van der Waals surface area contributed by atoms with Gasteiger partial charge in [-0.1, -0.05) is 6.92 Å². The predicted molar refractivity (Wildman–Crippen MR) is 131 cm³/mol. The Balaban J connectivity index is 1.44. The molecule has 6 aromatic rings. The Labute approximate surface area is 197 Å². The monoisotopic (exact) mass is 470 g/mol. The van der Waals surface area contributed by atoms with E-state index < -0.39 is 0 Å². The smallest absolute Gasteiger partial charge is 0.181 e. The highest BCUT2D eigenvalue weighted by Gasteiger charge is 2.17. The molecule has 0 bridgehead atoms. The molecule has 0 aliphatic heterocycles. The highest BCUT2D eigenvalue weighted by molar-refractivity contribution is 7.14. The number of H-pyrrole nitrogens is 2. The zero-order valence-electron chi connectivity index (χ0n) is 18.1. The van der Waals surface area contributed by atoms with Crippen molar-refractivity contribution in [3.8, 4) is 33.1 Å². The van der Waals surface area contributed by atoms with E-state index in [-0.39, 0.29) is 5.13 Å². The Morgan fingerprint density at radius 3 is 2.76 bits per heavy atom. The number of pyridine rings is 3. The molecule has 0 unspecified atom stereocenters. The van der Waals surface area contributed by atoms with Crippen LogP contribution in [0.2, 0.25) is 0 Å². The van der Waals surface area contributed by atoms with E-state index in [0.717, 1.165) is 73.7 Å². The number of aromatic amines is 2. The molecule has 0 saturated carbocycles. The number of fused-ring (bicyclic) bond motifs is 2. The molecule has 0 saturated heterocycles. The van der Waals surface area contributed by atoms with Crippen molar-refractivity contribution in [2.75, 3.05) is 6.54 Å². The summed E-state index contributed by atoms with van der Waals surface area (Å²) in [7, 11) is 0. The first kappa shape index (κ1) is 20.6. The van der Waals surface area contributed by atoms with Gasteiger partial charge in [-0.25, -0.2) is 9.97 Å². The maximum absolute atomic E-state index is 13.6. The highest BCUT2D eigenvalue weighted by Crippen LogP contribution is 2.34. The van der Waals surface area contributed by atoms with Gasteiger partial charge in [-0.05, 0) is 36.4 Å². The second-order valence-corrected chi connectivity index (χ2v) is 8.86. The van der Waals surface area contributed by atoms with Crippen LogP contribution in [0.1, 0.15) is 12.5 Å². The van der Waals surface area contributed by atoms with Crippen molar-refractivity contribution in [2.24, 2.45) is 0 Å². The van der Waals surface area contributed by atoms with E-state index in [1.165, 1.54) is 6.07 Å². The van der Waals surface area contributed by atoms with Crippen molar-refractivity contribution in [1.29, 1.82) is 0 Å². The Hall–Kier alpha value is -4.02. The van der Waals surface area contributed by atoms with Crippen molar-refractivity contribution < 1.29 is 4.39 Å². The molecule has 8 nitrogen and oxygen atoms in total. The standard InChI is InChI=1S/C24H19FN8S/c1-2-26-7-13-5-14(9-27-8-13)15-6-16-22(32-33-23(16)29-10-15)24-30-18-12-28-11-17(21(18)31-24)19-3-4-20(25)34-19/h3-6,8-12,26H,2,7H2,1H3,(H,30,31)(H,29,32,33). The third kappa shape index (κ3) is 3.62. The minimum absolute atomic E-state index is 0.245. The fourth-order valence-electron chi connectivity index (χ4n) is 3.94. The van der Waals surface area contributed by atoms with Gasteiger partial charge in [0.1, 0.15) is 11.2 Å². The van der Waals surface area contributed by atoms with E-state index in [9.17, 15) is 4.39 Å². The van der Waals surface area contributed by atoms with Gasteiger partial charge in [0.2, 0.25) is 0 Å². The van der Waals surface area contributed by atoms with Crippen molar-refractivity contribution in [3.05, 3.63) is 65.9 Å². The maximum Gasteiger partial charge on any atom is 0.181 e. The van der Waals surface area contributed by atoms with E-state index in [1.807, 2.05) is 18.5 Å².